The summed E-state index contributed by atoms with van der Waals surface area (Å²) in [6.45, 7) is 11.9. The Morgan fingerprint density at radius 3 is 2.47 bits per heavy atom. The molecule has 0 aromatic heterocycles. The van der Waals surface area contributed by atoms with Crippen molar-refractivity contribution in [3.63, 3.8) is 0 Å². The normalized spacial score (nSPS) is 15.3. The molecule has 2 unspecified atom stereocenters. The zero-order valence-corrected chi connectivity index (χ0v) is 13.3. The first kappa shape index (κ1) is 16.2. The third-order valence-electron chi connectivity index (χ3n) is 3.41. The molecular formula is C17H29NO. The van der Waals surface area contributed by atoms with E-state index in [0.717, 1.165) is 13.0 Å². The monoisotopic (exact) mass is 263 g/mol. The van der Waals surface area contributed by atoms with Gasteiger partial charge in [-0.15, -0.1) is 0 Å². The Morgan fingerprint density at radius 1 is 1.26 bits per heavy atom. The van der Waals surface area contributed by atoms with Crippen molar-refractivity contribution < 1.29 is 4.74 Å². The van der Waals surface area contributed by atoms with Crippen LogP contribution in [0.15, 0.2) is 24.3 Å². The first-order valence-electron chi connectivity index (χ1n) is 7.16. The van der Waals surface area contributed by atoms with Gasteiger partial charge in [0.05, 0.1) is 6.10 Å². The fourth-order valence-corrected chi connectivity index (χ4v) is 2.19. The van der Waals surface area contributed by atoms with E-state index in [2.05, 4.69) is 64.2 Å². The summed E-state index contributed by atoms with van der Waals surface area (Å²) in [7, 11) is 1.79. The number of hydrogen-bond acceptors (Lipinski definition) is 2. The molecule has 19 heavy (non-hydrogen) atoms. The Morgan fingerprint density at radius 2 is 1.95 bits per heavy atom. The number of rotatable bonds is 6. The van der Waals surface area contributed by atoms with Gasteiger partial charge in [-0.1, -0.05) is 29.8 Å². The minimum atomic E-state index is 0.151. The van der Waals surface area contributed by atoms with Crippen molar-refractivity contribution in [2.24, 2.45) is 0 Å². The summed E-state index contributed by atoms with van der Waals surface area (Å²) in [4.78, 5) is 0. The fraction of sp³-hybridized carbons (Fsp3) is 0.647. The topological polar surface area (TPSA) is 21.3 Å². The zero-order valence-electron chi connectivity index (χ0n) is 13.3. The average Bonchev–Trinajstić information content (AvgIpc) is 2.33. The Bertz CT molecular complexity index is 381. The highest BCUT2D eigenvalue weighted by Gasteiger charge is 2.18. The number of ether oxygens (including phenoxy) is 1. The molecule has 0 radical (unpaired) electrons. The van der Waals surface area contributed by atoms with Crippen LogP contribution in [0, 0.1) is 6.92 Å². The minimum Gasteiger partial charge on any atom is -0.382 e. The van der Waals surface area contributed by atoms with Gasteiger partial charge in [-0.25, -0.2) is 0 Å². The third kappa shape index (κ3) is 6.22. The molecule has 0 spiro atoms. The molecule has 0 fully saturated rings. The fourth-order valence-electron chi connectivity index (χ4n) is 2.19. The molecule has 0 amide bonds. The van der Waals surface area contributed by atoms with Gasteiger partial charge in [-0.3, -0.25) is 0 Å². The van der Waals surface area contributed by atoms with Crippen molar-refractivity contribution in [2.75, 3.05) is 13.7 Å². The number of aryl methyl sites for hydroxylation is 1. The van der Waals surface area contributed by atoms with Gasteiger partial charge in [0.15, 0.2) is 0 Å². The van der Waals surface area contributed by atoms with Gasteiger partial charge >= 0.3 is 0 Å². The summed E-state index contributed by atoms with van der Waals surface area (Å²) in [5, 5.41) is 3.61. The Hall–Kier alpha value is -0.860. The van der Waals surface area contributed by atoms with Crippen LogP contribution in [0.1, 0.15) is 51.2 Å². The molecule has 0 aliphatic carbocycles. The van der Waals surface area contributed by atoms with Crippen LogP contribution in [-0.4, -0.2) is 25.3 Å². The molecule has 2 atom stereocenters. The summed E-state index contributed by atoms with van der Waals surface area (Å²) in [6, 6.07) is 8.81. The van der Waals surface area contributed by atoms with E-state index in [0.29, 0.717) is 5.92 Å². The quantitative estimate of drug-likeness (QED) is 0.840. The standard InChI is InChI=1S/C17H29NO/c1-13-8-7-9-15(10-13)16(11-14(2)19-6)12-18-17(3,4)5/h7-10,14,16,18H,11-12H2,1-6H3. The molecular weight excluding hydrogens is 234 g/mol. The van der Waals surface area contributed by atoms with Gasteiger partial charge in [-0.2, -0.15) is 0 Å². The van der Waals surface area contributed by atoms with Crippen LogP contribution >= 0.6 is 0 Å². The molecule has 1 rings (SSSR count). The van der Waals surface area contributed by atoms with E-state index >= 15 is 0 Å². The predicted octanol–water partition coefficient (Wildman–Crippen LogP) is 3.89. The highest BCUT2D eigenvalue weighted by atomic mass is 16.5. The van der Waals surface area contributed by atoms with Crippen molar-refractivity contribution in [3.8, 4) is 0 Å². The van der Waals surface area contributed by atoms with E-state index in [9.17, 15) is 0 Å². The van der Waals surface area contributed by atoms with Crippen LogP contribution in [0.2, 0.25) is 0 Å². The van der Waals surface area contributed by atoms with Crippen molar-refractivity contribution in [3.05, 3.63) is 35.4 Å². The zero-order chi connectivity index (χ0) is 14.5. The summed E-state index contributed by atoms with van der Waals surface area (Å²) in [5.41, 5.74) is 2.88. The second kappa shape index (κ2) is 7.06. The Balaban J connectivity index is 2.79. The molecule has 0 bridgehead atoms. The largest absolute Gasteiger partial charge is 0.382 e. The van der Waals surface area contributed by atoms with Gasteiger partial charge in [0, 0.05) is 19.2 Å². The van der Waals surface area contributed by atoms with Crippen LogP contribution in [-0.2, 0) is 4.74 Å². The smallest absolute Gasteiger partial charge is 0.0549 e. The van der Waals surface area contributed by atoms with Gasteiger partial charge in [0.2, 0.25) is 0 Å². The van der Waals surface area contributed by atoms with Crippen LogP contribution < -0.4 is 5.32 Å². The second-order valence-corrected chi connectivity index (χ2v) is 6.52. The van der Waals surface area contributed by atoms with Crippen LogP contribution in [0.25, 0.3) is 0 Å². The first-order chi connectivity index (χ1) is 8.81. The molecule has 1 aromatic carbocycles. The van der Waals surface area contributed by atoms with Crippen molar-refractivity contribution >= 4 is 0 Å². The second-order valence-electron chi connectivity index (χ2n) is 6.52. The number of nitrogens with one attached hydrogen (secondary N) is 1. The molecule has 0 heterocycles. The van der Waals surface area contributed by atoms with E-state index in [1.807, 2.05) is 0 Å². The Labute approximate surface area is 118 Å². The number of benzene rings is 1. The van der Waals surface area contributed by atoms with Crippen molar-refractivity contribution in [2.45, 2.75) is 58.6 Å². The summed E-state index contributed by atoms with van der Waals surface area (Å²) < 4.78 is 5.44. The van der Waals surface area contributed by atoms with Crippen molar-refractivity contribution in [1.29, 1.82) is 0 Å². The van der Waals surface area contributed by atoms with Crippen molar-refractivity contribution in [1.82, 2.24) is 5.32 Å². The number of methoxy groups -OCH3 is 1. The van der Waals surface area contributed by atoms with E-state index in [1.165, 1.54) is 11.1 Å². The van der Waals surface area contributed by atoms with Gasteiger partial charge < -0.3 is 10.1 Å². The predicted molar refractivity (Wildman–Crippen MR) is 82.8 cm³/mol. The van der Waals surface area contributed by atoms with Crippen LogP contribution in [0.5, 0.6) is 0 Å². The summed E-state index contributed by atoms with van der Waals surface area (Å²) >= 11 is 0. The first-order valence-corrected chi connectivity index (χ1v) is 7.16. The highest BCUT2D eigenvalue weighted by molar-refractivity contribution is 5.26. The Kier molecular flexibility index (Phi) is 6.02. The van der Waals surface area contributed by atoms with E-state index in [4.69, 9.17) is 4.74 Å². The average molecular weight is 263 g/mol. The van der Waals surface area contributed by atoms with E-state index in [1.54, 1.807) is 7.11 Å². The summed E-state index contributed by atoms with van der Waals surface area (Å²) in [5.74, 6) is 0.495. The molecule has 0 saturated heterocycles. The molecule has 2 heteroatoms. The molecule has 2 nitrogen and oxygen atoms in total. The molecule has 0 saturated carbocycles. The molecule has 0 aliphatic heterocycles. The van der Waals surface area contributed by atoms with Gasteiger partial charge in [0.1, 0.15) is 0 Å². The van der Waals surface area contributed by atoms with E-state index in [-0.39, 0.29) is 11.6 Å². The lowest BCUT2D eigenvalue weighted by molar-refractivity contribution is 0.103. The lowest BCUT2D eigenvalue weighted by atomic mass is 9.91. The molecule has 108 valence electrons. The lowest BCUT2D eigenvalue weighted by Crippen LogP contribution is -2.39. The summed E-state index contributed by atoms with van der Waals surface area (Å²) in [6.07, 6.45) is 1.33. The van der Waals surface area contributed by atoms with Gasteiger partial charge in [0.25, 0.3) is 0 Å². The maximum absolute atomic E-state index is 5.44. The molecule has 0 aliphatic rings. The molecule has 1 N–H and O–H groups in total. The van der Waals surface area contributed by atoms with E-state index < -0.39 is 0 Å². The van der Waals surface area contributed by atoms with Gasteiger partial charge in [-0.05, 0) is 52.5 Å². The van der Waals surface area contributed by atoms with Crippen LogP contribution in [0.3, 0.4) is 0 Å². The maximum atomic E-state index is 5.44. The molecule has 1 aromatic rings. The minimum absolute atomic E-state index is 0.151. The maximum Gasteiger partial charge on any atom is 0.0549 e. The number of hydrogen-bond donors (Lipinski definition) is 1. The SMILES string of the molecule is COC(C)CC(CNC(C)(C)C)c1cccc(C)c1. The van der Waals surface area contributed by atoms with Crippen LogP contribution in [0.4, 0.5) is 0 Å². The lowest BCUT2D eigenvalue weighted by Gasteiger charge is -2.27. The highest BCUT2D eigenvalue weighted by Crippen LogP contribution is 2.23. The third-order valence-corrected chi connectivity index (χ3v) is 3.41.